The summed E-state index contributed by atoms with van der Waals surface area (Å²) in [6.07, 6.45) is 0. The van der Waals surface area contributed by atoms with Crippen LogP contribution in [0.25, 0.3) is 0 Å². The van der Waals surface area contributed by atoms with Gasteiger partial charge in [-0.15, -0.1) is 0 Å². The van der Waals surface area contributed by atoms with Crippen molar-refractivity contribution < 1.29 is 5.11 Å². The molecule has 0 amide bonds. The molecule has 4 nitrogen and oxygen atoms in total. The molecule has 1 heterocycles. The number of nitrogens with one attached hydrogen (secondary N) is 1. The molecule has 4 heteroatoms. The summed E-state index contributed by atoms with van der Waals surface area (Å²) in [5.41, 5.74) is 2.86. The molecule has 100 valence electrons. The van der Waals surface area contributed by atoms with Crippen LogP contribution in [0.2, 0.25) is 0 Å². The van der Waals surface area contributed by atoms with Crippen LogP contribution in [0, 0.1) is 20.8 Å². The van der Waals surface area contributed by atoms with Crippen molar-refractivity contribution in [2.24, 2.45) is 0 Å². The van der Waals surface area contributed by atoms with Crippen LogP contribution in [0.4, 0.5) is 5.82 Å². The summed E-state index contributed by atoms with van der Waals surface area (Å²) < 4.78 is 0. The number of phenolic OH excluding ortho intramolecular Hbond substituents is 1. The third kappa shape index (κ3) is 2.84. The second kappa shape index (κ2) is 5.26. The standard InChI is InChI=1S/C15H19N3O/c1-9-10(2)16-12(4)18-15(9)17-11(3)13-7-5-6-8-14(13)19/h5-8,11,19H,1-4H3,(H,16,17,18). The Bertz CT molecular complexity index is 596. The molecule has 1 aromatic carbocycles. The van der Waals surface area contributed by atoms with Gasteiger partial charge >= 0.3 is 0 Å². The highest BCUT2D eigenvalue weighted by Gasteiger charge is 2.13. The van der Waals surface area contributed by atoms with Gasteiger partial charge in [0.15, 0.2) is 0 Å². The van der Waals surface area contributed by atoms with Gasteiger partial charge < -0.3 is 10.4 Å². The van der Waals surface area contributed by atoms with E-state index in [4.69, 9.17) is 0 Å². The maximum absolute atomic E-state index is 9.86. The first-order chi connectivity index (χ1) is 8.99. The summed E-state index contributed by atoms with van der Waals surface area (Å²) in [6.45, 7) is 7.85. The highest BCUT2D eigenvalue weighted by atomic mass is 16.3. The van der Waals surface area contributed by atoms with Crippen molar-refractivity contribution >= 4 is 5.82 Å². The lowest BCUT2D eigenvalue weighted by atomic mass is 10.1. The van der Waals surface area contributed by atoms with E-state index >= 15 is 0 Å². The average Bonchev–Trinajstić information content (AvgIpc) is 2.35. The number of nitrogens with zero attached hydrogens (tertiary/aromatic N) is 2. The van der Waals surface area contributed by atoms with Crippen molar-refractivity contribution in [2.75, 3.05) is 5.32 Å². The minimum absolute atomic E-state index is 0.0198. The number of aryl methyl sites for hydroxylation is 2. The summed E-state index contributed by atoms with van der Waals surface area (Å²) in [6, 6.07) is 7.31. The van der Waals surface area contributed by atoms with Gasteiger partial charge in [-0.2, -0.15) is 0 Å². The number of hydrogen-bond donors (Lipinski definition) is 2. The fraction of sp³-hybridized carbons (Fsp3) is 0.333. The van der Waals surface area contributed by atoms with E-state index in [9.17, 15) is 5.11 Å². The number of phenols is 1. The molecule has 0 aliphatic heterocycles. The third-order valence-corrected chi connectivity index (χ3v) is 3.26. The van der Waals surface area contributed by atoms with E-state index in [0.717, 1.165) is 28.5 Å². The summed E-state index contributed by atoms with van der Waals surface area (Å²) in [4.78, 5) is 8.76. The molecule has 0 saturated heterocycles. The molecule has 0 radical (unpaired) electrons. The summed E-state index contributed by atoms with van der Waals surface area (Å²) in [7, 11) is 0. The van der Waals surface area contributed by atoms with Gasteiger partial charge in [-0.25, -0.2) is 9.97 Å². The van der Waals surface area contributed by atoms with Gasteiger partial charge in [0.05, 0.1) is 6.04 Å². The van der Waals surface area contributed by atoms with E-state index < -0.39 is 0 Å². The van der Waals surface area contributed by atoms with Crippen molar-refractivity contribution in [3.63, 3.8) is 0 Å². The number of benzene rings is 1. The van der Waals surface area contributed by atoms with E-state index in [1.165, 1.54) is 0 Å². The Morgan fingerprint density at radius 2 is 1.79 bits per heavy atom. The lowest BCUT2D eigenvalue weighted by molar-refractivity contribution is 0.465. The first kappa shape index (κ1) is 13.3. The third-order valence-electron chi connectivity index (χ3n) is 3.26. The smallest absolute Gasteiger partial charge is 0.133 e. The fourth-order valence-electron chi connectivity index (χ4n) is 2.05. The Morgan fingerprint density at radius 1 is 1.11 bits per heavy atom. The lowest BCUT2D eigenvalue weighted by Gasteiger charge is -2.18. The van der Waals surface area contributed by atoms with Gasteiger partial charge in [0.25, 0.3) is 0 Å². The molecule has 0 saturated carbocycles. The van der Waals surface area contributed by atoms with Crippen molar-refractivity contribution in [3.05, 3.63) is 46.9 Å². The van der Waals surface area contributed by atoms with Crippen LogP contribution < -0.4 is 5.32 Å². The maximum Gasteiger partial charge on any atom is 0.133 e. The first-order valence-electron chi connectivity index (χ1n) is 6.35. The molecule has 19 heavy (non-hydrogen) atoms. The van der Waals surface area contributed by atoms with Crippen LogP contribution >= 0.6 is 0 Å². The molecule has 0 aliphatic rings. The zero-order valence-corrected chi connectivity index (χ0v) is 11.7. The second-order valence-electron chi connectivity index (χ2n) is 4.75. The SMILES string of the molecule is Cc1nc(C)c(C)c(NC(C)c2ccccc2O)n1. The van der Waals surface area contributed by atoms with Crippen LogP contribution in [0.3, 0.4) is 0 Å². The van der Waals surface area contributed by atoms with Gasteiger partial charge in [0, 0.05) is 16.8 Å². The zero-order chi connectivity index (χ0) is 14.0. The molecule has 2 aromatic rings. The summed E-state index contributed by atoms with van der Waals surface area (Å²) in [5, 5.41) is 13.2. The molecule has 2 N–H and O–H groups in total. The molecule has 0 aliphatic carbocycles. The predicted molar refractivity (Wildman–Crippen MR) is 76.4 cm³/mol. The number of anilines is 1. The Kier molecular flexibility index (Phi) is 3.69. The number of hydrogen-bond acceptors (Lipinski definition) is 4. The molecular weight excluding hydrogens is 238 g/mol. The minimum Gasteiger partial charge on any atom is -0.508 e. The molecular formula is C15H19N3O. The Labute approximate surface area is 113 Å². The van der Waals surface area contributed by atoms with Gasteiger partial charge in [-0.3, -0.25) is 0 Å². The van der Waals surface area contributed by atoms with Crippen molar-refractivity contribution in [3.8, 4) is 5.75 Å². The van der Waals surface area contributed by atoms with Crippen LogP contribution in [0.1, 0.15) is 35.6 Å². The largest absolute Gasteiger partial charge is 0.508 e. The highest BCUT2D eigenvalue weighted by molar-refractivity contribution is 5.48. The van der Waals surface area contributed by atoms with Gasteiger partial charge in [-0.1, -0.05) is 18.2 Å². The molecule has 0 bridgehead atoms. The topological polar surface area (TPSA) is 58.0 Å². The van der Waals surface area contributed by atoms with Crippen molar-refractivity contribution in [2.45, 2.75) is 33.7 Å². The molecule has 1 unspecified atom stereocenters. The van der Waals surface area contributed by atoms with E-state index in [-0.39, 0.29) is 6.04 Å². The number of aromatic nitrogens is 2. The van der Waals surface area contributed by atoms with Crippen LogP contribution in [-0.2, 0) is 0 Å². The van der Waals surface area contributed by atoms with Crippen molar-refractivity contribution in [1.82, 2.24) is 9.97 Å². The highest BCUT2D eigenvalue weighted by Crippen LogP contribution is 2.27. The fourth-order valence-corrected chi connectivity index (χ4v) is 2.05. The number of para-hydroxylation sites is 1. The molecule has 1 aromatic heterocycles. The van der Waals surface area contributed by atoms with E-state index in [1.807, 2.05) is 45.9 Å². The van der Waals surface area contributed by atoms with Gasteiger partial charge in [-0.05, 0) is 33.8 Å². The van der Waals surface area contributed by atoms with Gasteiger partial charge in [0.1, 0.15) is 17.4 Å². The monoisotopic (exact) mass is 257 g/mol. The van der Waals surface area contributed by atoms with E-state index in [2.05, 4.69) is 15.3 Å². The molecule has 1 atom stereocenters. The number of rotatable bonds is 3. The molecule has 0 spiro atoms. The average molecular weight is 257 g/mol. The normalized spacial score (nSPS) is 12.2. The Hall–Kier alpha value is -2.10. The quantitative estimate of drug-likeness (QED) is 0.886. The first-order valence-corrected chi connectivity index (χ1v) is 6.35. The molecule has 0 fully saturated rings. The minimum atomic E-state index is -0.0198. The Morgan fingerprint density at radius 3 is 2.47 bits per heavy atom. The number of aromatic hydroxyl groups is 1. The van der Waals surface area contributed by atoms with E-state index in [1.54, 1.807) is 6.07 Å². The maximum atomic E-state index is 9.86. The second-order valence-corrected chi connectivity index (χ2v) is 4.75. The summed E-state index contributed by atoms with van der Waals surface area (Å²) >= 11 is 0. The Balaban J connectivity index is 2.29. The zero-order valence-electron chi connectivity index (χ0n) is 11.7. The molecule has 2 rings (SSSR count). The van der Waals surface area contributed by atoms with E-state index in [0.29, 0.717) is 5.75 Å². The van der Waals surface area contributed by atoms with Crippen LogP contribution in [-0.4, -0.2) is 15.1 Å². The van der Waals surface area contributed by atoms with Crippen LogP contribution in [0.5, 0.6) is 5.75 Å². The predicted octanol–water partition coefficient (Wildman–Crippen LogP) is 3.28. The van der Waals surface area contributed by atoms with Crippen molar-refractivity contribution in [1.29, 1.82) is 0 Å². The van der Waals surface area contributed by atoms with Crippen LogP contribution in [0.15, 0.2) is 24.3 Å². The van der Waals surface area contributed by atoms with Gasteiger partial charge in [0.2, 0.25) is 0 Å². The summed E-state index contributed by atoms with van der Waals surface area (Å²) in [5.74, 6) is 1.86. The lowest BCUT2D eigenvalue weighted by Crippen LogP contribution is -2.11.